The Labute approximate surface area is 169 Å². The first-order chi connectivity index (χ1) is 14.2. The highest BCUT2D eigenvalue weighted by Gasteiger charge is 2.20. The van der Waals surface area contributed by atoms with Crippen LogP contribution in [0.4, 0.5) is 11.6 Å². The van der Waals surface area contributed by atoms with E-state index in [0.29, 0.717) is 6.61 Å². The summed E-state index contributed by atoms with van der Waals surface area (Å²) in [6.07, 6.45) is 1.61. The van der Waals surface area contributed by atoms with Gasteiger partial charge in [-0.15, -0.1) is 10.2 Å². The van der Waals surface area contributed by atoms with Crippen LogP contribution in [-0.2, 0) is 4.74 Å². The van der Waals surface area contributed by atoms with Crippen LogP contribution in [0.2, 0.25) is 0 Å². The molecule has 1 fully saturated rings. The molecule has 3 heterocycles. The molecule has 2 aromatic heterocycles. The van der Waals surface area contributed by atoms with E-state index >= 15 is 0 Å². The highest BCUT2D eigenvalue weighted by atomic mass is 16.5. The molecule has 0 radical (unpaired) electrons. The first-order valence-corrected chi connectivity index (χ1v) is 9.63. The van der Waals surface area contributed by atoms with Gasteiger partial charge in [0.1, 0.15) is 12.1 Å². The van der Waals surface area contributed by atoms with Crippen molar-refractivity contribution >= 4 is 17.6 Å². The van der Waals surface area contributed by atoms with Crippen LogP contribution < -0.4 is 9.80 Å². The van der Waals surface area contributed by atoms with Gasteiger partial charge in [0.05, 0.1) is 12.3 Å². The number of carbonyl (C=O) groups is 1. The molecule has 1 saturated heterocycles. The normalized spacial score (nSPS) is 14.0. The molecule has 1 aliphatic rings. The Bertz CT molecular complexity index is 956. The number of aromatic nitrogens is 4. The maximum atomic E-state index is 11.7. The van der Waals surface area contributed by atoms with E-state index in [1.54, 1.807) is 19.3 Å². The minimum atomic E-state index is -0.450. The van der Waals surface area contributed by atoms with Crippen molar-refractivity contribution in [3.8, 4) is 11.3 Å². The summed E-state index contributed by atoms with van der Waals surface area (Å²) in [7, 11) is 0. The monoisotopic (exact) mass is 390 g/mol. The van der Waals surface area contributed by atoms with Crippen molar-refractivity contribution in [2.75, 3.05) is 42.6 Å². The van der Waals surface area contributed by atoms with Crippen molar-refractivity contribution in [2.24, 2.45) is 0 Å². The van der Waals surface area contributed by atoms with Gasteiger partial charge >= 0.3 is 5.97 Å². The maximum Gasteiger partial charge on any atom is 0.358 e. The largest absolute Gasteiger partial charge is 0.461 e. The summed E-state index contributed by atoms with van der Waals surface area (Å²) in [4.78, 5) is 24.9. The average molecular weight is 390 g/mol. The predicted molar refractivity (Wildman–Crippen MR) is 110 cm³/mol. The molecule has 0 amide bonds. The lowest BCUT2D eigenvalue weighted by molar-refractivity contribution is 0.0518. The van der Waals surface area contributed by atoms with Crippen LogP contribution in [-0.4, -0.2) is 58.9 Å². The summed E-state index contributed by atoms with van der Waals surface area (Å²) in [5.74, 6) is 1.22. The van der Waals surface area contributed by atoms with Gasteiger partial charge in [-0.2, -0.15) is 0 Å². The molecule has 1 aromatic carbocycles. The van der Waals surface area contributed by atoms with Crippen molar-refractivity contribution in [1.29, 1.82) is 0 Å². The molecular formula is C21H22N6O2. The van der Waals surface area contributed by atoms with Crippen molar-refractivity contribution in [1.82, 2.24) is 20.2 Å². The zero-order chi connectivity index (χ0) is 20.1. The third kappa shape index (κ3) is 4.31. The van der Waals surface area contributed by atoms with Crippen LogP contribution >= 0.6 is 0 Å². The minimum Gasteiger partial charge on any atom is -0.461 e. The van der Waals surface area contributed by atoms with Crippen molar-refractivity contribution in [2.45, 2.75) is 6.92 Å². The van der Waals surface area contributed by atoms with Gasteiger partial charge in [0.2, 0.25) is 0 Å². The maximum absolute atomic E-state index is 11.7. The van der Waals surface area contributed by atoms with Crippen molar-refractivity contribution in [3.05, 3.63) is 60.6 Å². The number of carbonyl (C=O) groups excluding carboxylic acids is 1. The second-order valence-electron chi connectivity index (χ2n) is 6.60. The molecule has 0 spiro atoms. The topological polar surface area (TPSA) is 84.3 Å². The van der Waals surface area contributed by atoms with Crippen LogP contribution in [0.25, 0.3) is 11.3 Å². The van der Waals surface area contributed by atoms with Crippen LogP contribution in [0.15, 0.2) is 54.9 Å². The summed E-state index contributed by atoms with van der Waals surface area (Å²) in [6.45, 7) is 5.29. The second-order valence-corrected chi connectivity index (χ2v) is 6.60. The van der Waals surface area contributed by atoms with Crippen LogP contribution in [0.3, 0.4) is 0 Å². The van der Waals surface area contributed by atoms with E-state index in [1.807, 2.05) is 42.5 Å². The molecule has 0 aliphatic carbocycles. The molecule has 8 heteroatoms. The summed E-state index contributed by atoms with van der Waals surface area (Å²) in [5.41, 5.74) is 2.22. The number of anilines is 2. The Morgan fingerprint density at radius 1 is 0.931 bits per heavy atom. The lowest BCUT2D eigenvalue weighted by atomic mass is 10.1. The smallest absolute Gasteiger partial charge is 0.358 e. The number of esters is 1. The van der Waals surface area contributed by atoms with Gasteiger partial charge in [-0.25, -0.2) is 14.8 Å². The molecule has 8 nitrogen and oxygen atoms in total. The second kappa shape index (κ2) is 8.64. The molecule has 3 aromatic rings. The Kier molecular flexibility index (Phi) is 5.60. The van der Waals surface area contributed by atoms with Gasteiger partial charge in [-0.3, -0.25) is 0 Å². The van der Waals surface area contributed by atoms with E-state index in [9.17, 15) is 4.79 Å². The fraction of sp³-hybridized carbons (Fsp3) is 0.286. The van der Waals surface area contributed by atoms with Gasteiger partial charge < -0.3 is 14.5 Å². The van der Waals surface area contributed by atoms with E-state index in [0.717, 1.165) is 49.1 Å². The van der Waals surface area contributed by atoms with Crippen molar-refractivity contribution in [3.63, 3.8) is 0 Å². The van der Waals surface area contributed by atoms with E-state index in [2.05, 4.69) is 30.0 Å². The first-order valence-electron chi connectivity index (χ1n) is 9.63. The first kappa shape index (κ1) is 18.8. The average Bonchev–Trinajstić information content (AvgIpc) is 2.80. The Hall–Kier alpha value is -3.55. The summed E-state index contributed by atoms with van der Waals surface area (Å²) in [6, 6.07) is 15.6. The molecule has 148 valence electrons. The SMILES string of the molecule is CCOC(=O)c1ccc(N2CCN(c3cc(-c4ccccc4)ncn3)CC2)nn1. The van der Waals surface area contributed by atoms with Gasteiger partial charge in [0.15, 0.2) is 11.5 Å². The van der Waals surface area contributed by atoms with Gasteiger partial charge in [-0.05, 0) is 19.1 Å². The Balaban J connectivity index is 1.40. The van der Waals surface area contributed by atoms with Gasteiger partial charge in [0.25, 0.3) is 0 Å². The number of piperazine rings is 1. The highest BCUT2D eigenvalue weighted by molar-refractivity contribution is 5.87. The van der Waals surface area contributed by atoms with E-state index in [-0.39, 0.29) is 5.69 Å². The summed E-state index contributed by atoms with van der Waals surface area (Å²) in [5, 5.41) is 8.18. The lowest BCUT2D eigenvalue weighted by Gasteiger charge is -2.35. The molecule has 0 atom stereocenters. The van der Waals surface area contributed by atoms with Gasteiger partial charge in [0, 0.05) is 37.8 Å². The van der Waals surface area contributed by atoms with Gasteiger partial charge in [-0.1, -0.05) is 30.3 Å². The molecule has 0 saturated carbocycles. The Morgan fingerprint density at radius 2 is 1.66 bits per heavy atom. The quantitative estimate of drug-likeness (QED) is 0.614. The number of rotatable bonds is 5. The van der Waals surface area contributed by atoms with Crippen LogP contribution in [0, 0.1) is 0 Å². The van der Waals surface area contributed by atoms with Crippen LogP contribution in [0.1, 0.15) is 17.4 Å². The molecule has 0 unspecified atom stereocenters. The minimum absolute atomic E-state index is 0.226. The molecule has 0 bridgehead atoms. The lowest BCUT2D eigenvalue weighted by Crippen LogP contribution is -2.47. The molecule has 29 heavy (non-hydrogen) atoms. The third-order valence-corrected chi connectivity index (χ3v) is 4.78. The van der Waals surface area contributed by atoms with E-state index in [1.165, 1.54) is 0 Å². The zero-order valence-electron chi connectivity index (χ0n) is 16.2. The number of hydrogen-bond acceptors (Lipinski definition) is 8. The predicted octanol–water partition coefficient (Wildman–Crippen LogP) is 2.44. The number of nitrogens with zero attached hydrogens (tertiary/aromatic N) is 6. The summed E-state index contributed by atoms with van der Waals surface area (Å²) < 4.78 is 4.94. The molecular weight excluding hydrogens is 368 g/mol. The van der Waals surface area contributed by atoms with Crippen LogP contribution in [0.5, 0.6) is 0 Å². The van der Waals surface area contributed by atoms with Crippen molar-refractivity contribution < 1.29 is 9.53 Å². The summed E-state index contributed by atoms with van der Waals surface area (Å²) >= 11 is 0. The third-order valence-electron chi connectivity index (χ3n) is 4.78. The number of ether oxygens (including phenoxy) is 1. The Morgan fingerprint density at radius 3 is 2.31 bits per heavy atom. The molecule has 1 aliphatic heterocycles. The zero-order valence-corrected chi connectivity index (χ0v) is 16.2. The fourth-order valence-electron chi connectivity index (χ4n) is 3.26. The molecule has 0 N–H and O–H groups in total. The van der Waals surface area contributed by atoms with E-state index < -0.39 is 5.97 Å². The standard InChI is InChI=1S/C21H22N6O2/c1-2-29-21(28)17-8-9-19(25-24-17)26-10-12-27(13-11-26)20-14-18(22-15-23-20)16-6-4-3-5-7-16/h3-9,14-15H,2,10-13H2,1H3. The number of hydrogen-bond donors (Lipinski definition) is 0. The molecule has 4 rings (SSSR count). The number of benzene rings is 1. The van der Waals surface area contributed by atoms with E-state index in [4.69, 9.17) is 4.74 Å². The highest BCUT2D eigenvalue weighted by Crippen LogP contribution is 2.22. The fourth-order valence-corrected chi connectivity index (χ4v) is 3.26.